The Balaban J connectivity index is 1.96. The van der Waals surface area contributed by atoms with Crippen LogP contribution in [0.25, 0.3) is 0 Å². The minimum absolute atomic E-state index is 0.251. The van der Waals surface area contributed by atoms with Gasteiger partial charge in [0.2, 0.25) is 0 Å². The average Bonchev–Trinajstić information content (AvgIpc) is 3.27. The molecule has 0 radical (unpaired) electrons. The van der Waals surface area contributed by atoms with E-state index in [9.17, 15) is 4.79 Å². The molecule has 0 saturated carbocycles. The van der Waals surface area contributed by atoms with Crippen molar-refractivity contribution in [1.29, 1.82) is 0 Å². The summed E-state index contributed by atoms with van der Waals surface area (Å²) in [6.45, 7) is 2.14. The van der Waals surface area contributed by atoms with Crippen LogP contribution in [0.3, 0.4) is 0 Å². The van der Waals surface area contributed by atoms with E-state index < -0.39 is 5.97 Å². The number of ether oxygens (including phenoxy) is 1. The minimum atomic E-state index is -0.719. The second kappa shape index (κ2) is 12.9. The lowest BCUT2D eigenvalue weighted by molar-refractivity contribution is -0.137. The summed E-state index contributed by atoms with van der Waals surface area (Å²) in [5.41, 5.74) is 0. The zero-order chi connectivity index (χ0) is 16.8. The molecular formula is C20H30O3. The highest BCUT2D eigenvalue weighted by atomic mass is 16.6. The zero-order valence-corrected chi connectivity index (χ0v) is 14.2. The van der Waals surface area contributed by atoms with E-state index in [1.807, 2.05) is 0 Å². The van der Waals surface area contributed by atoms with Gasteiger partial charge >= 0.3 is 5.97 Å². The SMILES string of the molecule is CC/C=C\C/C=C\C/C=C\C[C@@H]1O[C@H]1C/C=C\CCCC(=O)O. The molecule has 1 aliphatic heterocycles. The van der Waals surface area contributed by atoms with Gasteiger partial charge in [0.15, 0.2) is 0 Å². The number of unbranched alkanes of at least 4 members (excludes halogenated alkanes) is 1. The van der Waals surface area contributed by atoms with E-state index in [4.69, 9.17) is 9.84 Å². The van der Waals surface area contributed by atoms with Crippen molar-refractivity contribution in [3.63, 3.8) is 0 Å². The van der Waals surface area contributed by atoms with Crippen LogP contribution in [0.15, 0.2) is 48.6 Å². The lowest BCUT2D eigenvalue weighted by Gasteiger charge is -1.91. The third-order valence-corrected chi connectivity index (χ3v) is 3.63. The number of carbonyl (C=O) groups is 1. The highest BCUT2D eigenvalue weighted by molar-refractivity contribution is 5.66. The Labute approximate surface area is 140 Å². The normalized spacial score (nSPS) is 21.3. The van der Waals surface area contributed by atoms with E-state index in [1.165, 1.54) is 0 Å². The summed E-state index contributed by atoms with van der Waals surface area (Å²) < 4.78 is 5.61. The molecule has 0 spiro atoms. The molecule has 0 bridgehead atoms. The van der Waals surface area contributed by atoms with Crippen LogP contribution in [0, 0.1) is 0 Å². The van der Waals surface area contributed by atoms with E-state index >= 15 is 0 Å². The van der Waals surface area contributed by atoms with Gasteiger partial charge in [0.05, 0.1) is 12.2 Å². The third kappa shape index (κ3) is 11.6. The summed E-state index contributed by atoms with van der Waals surface area (Å²) in [5, 5.41) is 8.53. The maximum Gasteiger partial charge on any atom is 0.303 e. The first-order valence-corrected chi connectivity index (χ1v) is 8.71. The van der Waals surface area contributed by atoms with Gasteiger partial charge < -0.3 is 9.84 Å². The van der Waals surface area contributed by atoms with Crippen molar-refractivity contribution in [3.8, 4) is 0 Å². The molecule has 1 N–H and O–H groups in total. The summed E-state index contributed by atoms with van der Waals surface area (Å²) in [4.78, 5) is 10.4. The van der Waals surface area contributed by atoms with E-state index in [1.54, 1.807) is 0 Å². The van der Waals surface area contributed by atoms with E-state index in [0.717, 1.165) is 38.5 Å². The number of hydrogen-bond donors (Lipinski definition) is 1. The highest BCUT2D eigenvalue weighted by Crippen LogP contribution is 2.29. The standard InChI is InChI=1S/C20H30O3/c1-2-3-4-5-6-7-8-9-12-15-18-19(23-18)16-13-10-11-14-17-20(21)22/h3-4,6-7,9-10,12-13,18-19H,2,5,8,11,14-17H2,1H3,(H,21,22)/b4-3-,7-6-,12-9-,13-10-/t18-,19-/m0/s1. The average molecular weight is 318 g/mol. The van der Waals surface area contributed by atoms with Crippen LogP contribution in [0.5, 0.6) is 0 Å². The number of allylic oxidation sites excluding steroid dienone is 6. The Hall–Kier alpha value is -1.61. The van der Waals surface area contributed by atoms with Gasteiger partial charge in [-0.05, 0) is 44.9 Å². The fourth-order valence-corrected chi connectivity index (χ4v) is 2.25. The summed E-state index contributed by atoms with van der Waals surface area (Å²) in [5.74, 6) is -0.719. The number of epoxide rings is 1. The van der Waals surface area contributed by atoms with Crippen molar-refractivity contribution in [1.82, 2.24) is 0 Å². The van der Waals surface area contributed by atoms with Crippen LogP contribution in [-0.2, 0) is 9.53 Å². The third-order valence-electron chi connectivity index (χ3n) is 3.63. The van der Waals surface area contributed by atoms with Gasteiger partial charge in [-0.2, -0.15) is 0 Å². The fourth-order valence-electron chi connectivity index (χ4n) is 2.25. The summed E-state index contributed by atoms with van der Waals surface area (Å²) >= 11 is 0. The van der Waals surface area contributed by atoms with Gasteiger partial charge in [-0.15, -0.1) is 0 Å². The van der Waals surface area contributed by atoms with Crippen molar-refractivity contribution in [3.05, 3.63) is 48.6 Å². The van der Waals surface area contributed by atoms with Gasteiger partial charge in [0.1, 0.15) is 0 Å². The van der Waals surface area contributed by atoms with Crippen molar-refractivity contribution in [2.75, 3.05) is 0 Å². The molecule has 1 heterocycles. The largest absolute Gasteiger partial charge is 0.481 e. The number of carboxylic acid groups (broad SMARTS) is 1. The van der Waals surface area contributed by atoms with Gasteiger partial charge in [-0.3, -0.25) is 4.79 Å². The van der Waals surface area contributed by atoms with Crippen LogP contribution in [0.4, 0.5) is 0 Å². The summed E-state index contributed by atoms with van der Waals surface area (Å²) in [6.07, 6.45) is 24.9. The first-order valence-electron chi connectivity index (χ1n) is 8.71. The van der Waals surface area contributed by atoms with Crippen molar-refractivity contribution in [2.45, 2.75) is 70.5 Å². The molecule has 0 unspecified atom stereocenters. The lowest BCUT2D eigenvalue weighted by Crippen LogP contribution is -1.93. The van der Waals surface area contributed by atoms with Crippen molar-refractivity contribution >= 4 is 5.97 Å². The molecule has 1 rings (SSSR count). The minimum Gasteiger partial charge on any atom is -0.481 e. The van der Waals surface area contributed by atoms with Crippen molar-refractivity contribution < 1.29 is 14.6 Å². The summed E-state index contributed by atoms with van der Waals surface area (Å²) in [7, 11) is 0. The topological polar surface area (TPSA) is 49.8 Å². The van der Waals surface area contributed by atoms with Crippen LogP contribution < -0.4 is 0 Å². The Morgan fingerprint density at radius 1 is 0.913 bits per heavy atom. The van der Waals surface area contributed by atoms with E-state index in [-0.39, 0.29) is 6.42 Å². The van der Waals surface area contributed by atoms with Crippen LogP contribution in [-0.4, -0.2) is 23.3 Å². The van der Waals surface area contributed by atoms with Crippen molar-refractivity contribution in [2.24, 2.45) is 0 Å². The number of hydrogen-bond acceptors (Lipinski definition) is 2. The second-order valence-electron chi connectivity index (χ2n) is 5.74. The molecule has 1 saturated heterocycles. The first kappa shape index (κ1) is 19.4. The zero-order valence-electron chi connectivity index (χ0n) is 14.2. The Morgan fingerprint density at radius 3 is 2.09 bits per heavy atom. The highest BCUT2D eigenvalue weighted by Gasteiger charge is 2.35. The first-order chi connectivity index (χ1) is 11.2. The fraction of sp³-hybridized carbons (Fsp3) is 0.550. The maximum atomic E-state index is 10.4. The molecule has 0 amide bonds. The van der Waals surface area contributed by atoms with E-state index in [2.05, 4.69) is 55.5 Å². The molecule has 128 valence electrons. The smallest absolute Gasteiger partial charge is 0.303 e. The molecule has 3 nitrogen and oxygen atoms in total. The predicted octanol–water partition coefficient (Wildman–Crippen LogP) is 5.20. The molecule has 1 aliphatic rings. The second-order valence-corrected chi connectivity index (χ2v) is 5.74. The molecule has 0 aromatic carbocycles. The number of rotatable bonds is 13. The maximum absolute atomic E-state index is 10.4. The number of carboxylic acids is 1. The predicted molar refractivity (Wildman–Crippen MR) is 95.5 cm³/mol. The Bertz CT molecular complexity index is 432. The molecule has 1 fully saturated rings. The van der Waals surface area contributed by atoms with Crippen LogP contribution in [0.2, 0.25) is 0 Å². The van der Waals surface area contributed by atoms with E-state index in [0.29, 0.717) is 18.6 Å². The lowest BCUT2D eigenvalue weighted by atomic mass is 10.1. The number of aliphatic carboxylic acids is 1. The molecule has 23 heavy (non-hydrogen) atoms. The molecular weight excluding hydrogens is 288 g/mol. The van der Waals surface area contributed by atoms with Gasteiger partial charge in [0, 0.05) is 6.42 Å². The molecule has 0 aromatic heterocycles. The van der Waals surface area contributed by atoms with Gasteiger partial charge in [-0.25, -0.2) is 0 Å². The Morgan fingerprint density at radius 2 is 1.48 bits per heavy atom. The van der Waals surface area contributed by atoms with Crippen LogP contribution in [0.1, 0.15) is 58.3 Å². The molecule has 0 aliphatic carbocycles. The molecule has 0 aromatic rings. The Kier molecular flexibility index (Phi) is 10.9. The molecule has 3 heteroatoms. The van der Waals surface area contributed by atoms with Crippen LogP contribution >= 0.6 is 0 Å². The molecule has 2 atom stereocenters. The van der Waals surface area contributed by atoms with Gasteiger partial charge in [-0.1, -0.05) is 55.5 Å². The van der Waals surface area contributed by atoms with Gasteiger partial charge in [0.25, 0.3) is 0 Å². The monoisotopic (exact) mass is 318 g/mol. The quantitative estimate of drug-likeness (QED) is 0.288. The summed E-state index contributed by atoms with van der Waals surface area (Å²) in [6, 6.07) is 0.